The van der Waals surface area contributed by atoms with Crippen LogP contribution in [0.3, 0.4) is 0 Å². The Morgan fingerprint density at radius 2 is 1.57 bits per heavy atom. The molecule has 0 amide bonds. The van der Waals surface area contributed by atoms with E-state index in [0.29, 0.717) is 23.1 Å². The number of carbonyl (C=O) groups excluding carboxylic acids is 3. The van der Waals surface area contributed by atoms with Crippen LogP contribution in [-0.4, -0.2) is 31.6 Å². The van der Waals surface area contributed by atoms with Gasteiger partial charge < -0.3 is 9.47 Å². The van der Waals surface area contributed by atoms with Gasteiger partial charge in [-0.3, -0.25) is 14.4 Å². The van der Waals surface area contributed by atoms with Crippen molar-refractivity contribution < 1.29 is 23.9 Å². The zero-order valence-corrected chi connectivity index (χ0v) is 14.8. The maximum atomic E-state index is 12.8. The second-order valence-corrected chi connectivity index (χ2v) is 6.05. The number of ether oxygens (including phenoxy) is 2. The van der Waals surface area contributed by atoms with E-state index < -0.39 is 5.41 Å². The fraction of sp³-hybridized carbons (Fsp3) is 0.500. The average Bonchev–Trinajstić information content (AvgIpc) is 2.48. The van der Waals surface area contributed by atoms with Gasteiger partial charge in [0.1, 0.15) is 0 Å². The first-order valence-electron chi connectivity index (χ1n) is 7.48. The molecule has 0 spiro atoms. The molecule has 5 heteroatoms. The largest absolute Gasteiger partial charge is 0.489 e. The van der Waals surface area contributed by atoms with Crippen LogP contribution in [0, 0.1) is 5.41 Å². The summed E-state index contributed by atoms with van der Waals surface area (Å²) in [6.45, 7) is 8.69. The molecule has 0 radical (unpaired) electrons. The number of hydrogen-bond acceptors (Lipinski definition) is 5. The average molecular weight is 320 g/mol. The summed E-state index contributed by atoms with van der Waals surface area (Å²) in [6.07, 6.45) is 2.12. The Morgan fingerprint density at radius 1 is 1.09 bits per heavy atom. The molecule has 126 valence electrons. The van der Waals surface area contributed by atoms with Crippen LogP contribution < -0.4 is 0 Å². The minimum absolute atomic E-state index is 0.00556. The highest BCUT2D eigenvalue weighted by atomic mass is 16.5. The topological polar surface area (TPSA) is 69.7 Å². The third-order valence-electron chi connectivity index (χ3n) is 3.95. The molecule has 1 aliphatic rings. The van der Waals surface area contributed by atoms with Gasteiger partial charge >= 0.3 is 0 Å². The van der Waals surface area contributed by atoms with Crippen molar-refractivity contribution in [2.45, 2.75) is 41.0 Å². The molecule has 0 saturated carbocycles. The molecule has 0 aromatic rings. The van der Waals surface area contributed by atoms with E-state index >= 15 is 0 Å². The molecule has 0 saturated heterocycles. The SMILES string of the molecule is CCC(=O)/C(C)=C/C(C)(C)C1=C(C)C(=O)C(OC)=C(OC)C1=O. The van der Waals surface area contributed by atoms with E-state index in [9.17, 15) is 14.4 Å². The van der Waals surface area contributed by atoms with Crippen molar-refractivity contribution in [2.24, 2.45) is 5.41 Å². The number of allylic oxidation sites excluding steroid dienone is 4. The molecule has 0 aliphatic heterocycles. The molecule has 0 N–H and O–H groups in total. The lowest BCUT2D eigenvalue weighted by Gasteiger charge is -2.30. The number of Topliss-reactive ketones (excluding diaryl/α,β-unsaturated/α-hetero) is 3. The Kier molecular flexibility index (Phi) is 5.70. The maximum Gasteiger partial charge on any atom is 0.228 e. The van der Waals surface area contributed by atoms with Gasteiger partial charge in [0.05, 0.1) is 14.2 Å². The van der Waals surface area contributed by atoms with Gasteiger partial charge in [0.15, 0.2) is 5.78 Å². The molecular formula is C18H24O5. The summed E-state index contributed by atoms with van der Waals surface area (Å²) in [5, 5.41) is 0. The van der Waals surface area contributed by atoms with Gasteiger partial charge in [-0.05, 0) is 19.4 Å². The molecule has 0 aromatic carbocycles. The van der Waals surface area contributed by atoms with Crippen LogP contribution in [0.2, 0.25) is 0 Å². The van der Waals surface area contributed by atoms with Crippen LogP contribution >= 0.6 is 0 Å². The van der Waals surface area contributed by atoms with Crippen LogP contribution in [0.4, 0.5) is 0 Å². The Morgan fingerprint density at radius 3 is 2.00 bits per heavy atom. The number of carbonyl (C=O) groups is 3. The summed E-state index contributed by atoms with van der Waals surface area (Å²) in [6, 6.07) is 0. The number of ketones is 3. The number of methoxy groups -OCH3 is 2. The second-order valence-electron chi connectivity index (χ2n) is 6.05. The van der Waals surface area contributed by atoms with Crippen molar-refractivity contribution in [3.63, 3.8) is 0 Å². The standard InChI is InChI=1S/C18H24O5/c1-8-12(19)10(2)9-18(4,5)13-11(3)14(20)16(22-6)17(23-7)15(13)21/h9H,8H2,1-7H3/b10-9+. The van der Waals surface area contributed by atoms with Crippen molar-refractivity contribution in [1.29, 1.82) is 0 Å². The Labute approximate surface area is 137 Å². The fourth-order valence-corrected chi connectivity index (χ4v) is 2.89. The van der Waals surface area contributed by atoms with Crippen LogP contribution in [0.15, 0.2) is 34.3 Å². The Bertz CT molecular complexity index is 644. The molecule has 1 aliphatic carbocycles. The summed E-state index contributed by atoms with van der Waals surface area (Å²) < 4.78 is 10.1. The predicted octanol–water partition coefficient (Wildman–Crippen LogP) is 2.91. The normalized spacial score (nSPS) is 16.9. The minimum Gasteiger partial charge on any atom is -0.489 e. The number of rotatable bonds is 6. The summed E-state index contributed by atoms with van der Waals surface area (Å²) in [7, 11) is 2.65. The number of hydrogen-bond donors (Lipinski definition) is 0. The van der Waals surface area contributed by atoms with Gasteiger partial charge in [-0.1, -0.05) is 26.8 Å². The van der Waals surface area contributed by atoms with Gasteiger partial charge in [0.2, 0.25) is 23.1 Å². The van der Waals surface area contributed by atoms with Gasteiger partial charge in [-0.2, -0.15) is 0 Å². The molecule has 0 fully saturated rings. The van der Waals surface area contributed by atoms with E-state index in [1.54, 1.807) is 40.7 Å². The molecule has 0 atom stereocenters. The smallest absolute Gasteiger partial charge is 0.228 e. The fourth-order valence-electron chi connectivity index (χ4n) is 2.89. The predicted molar refractivity (Wildman–Crippen MR) is 86.6 cm³/mol. The highest BCUT2D eigenvalue weighted by molar-refractivity contribution is 6.24. The van der Waals surface area contributed by atoms with E-state index in [1.165, 1.54) is 14.2 Å². The quantitative estimate of drug-likeness (QED) is 0.556. The summed E-state index contributed by atoms with van der Waals surface area (Å²) in [5.74, 6) is -0.940. The lowest BCUT2D eigenvalue weighted by molar-refractivity contribution is -0.121. The third-order valence-corrected chi connectivity index (χ3v) is 3.95. The molecule has 0 heterocycles. The van der Waals surface area contributed by atoms with Gasteiger partial charge in [-0.25, -0.2) is 0 Å². The first-order chi connectivity index (χ1) is 10.6. The molecule has 0 bridgehead atoms. The van der Waals surface area contributed by atoms with Crippen LogP contribution in [0.25, 0.3) is 0 Å². The summed E-state index contributed by atoms with van der Waals surface area (Å²) in [5.41, 5.74) is 0.419. The third kappa shape index (κ3) is 3.44. The molecule has 23 heavy (non-hydrogen) atoms. The van der Waals surface area contributed by atoms with Crippen molar-refractivity contribution in [1.82, 2.24) is 0 Å². The first kappa shape index (κ1) is 18.9. The Hall–Kier alpha value is -2.17. The summed E-state index contributed by atoms with van der Waals surface area (Å²) in [4.78, 5) is 37.0. The van der Waals surface area contributed by atoms with E-state index in [-0.39, 0.29) is 28.9 Å². The second kappa shape index (κ2) is 6.94. The zero-order valence-electron chi connectivity index (χ0n) is 14.8. The van der Waals surface area contributed by atoms with E-state index in [1.807, 2.05) is 0 Å². The Balaban J connectivity index is 3.47. The van der Waals surface area contributed by atoms with Gasteiger partial charge in [0, 0.05) is 23.0 Å². The summed E-state index contributed by atoms with van der Waals surface area (Å²) >= 11 is 0. The monoisotopic (exact) mass is 320 g/mol. The maximum absolute atomic E-state index is 12.8. The van der Waals surface area contributed by atoms with Crippen LogP contribution in [0.1, 0.15) is 41.0 Å². The first-order valence-corrected chi connectivity index (χ1v) is 7.48. The van der Waals surface area contributed by atoms with E-state index in [4.69, 9.17) is 9.47 Å². The minimum atomic E-state index is -0.783. The van der Waals surface area contributed by atoms with E-state index in [2.05, 4.69) is 0 Å². The van der Waals surface area contributed by atoms with Crippen molar-refractivity contribution in [2.75, 3.05) is 14.2 Å². The van der Waals surface area contributed by atoms with E-state index in [0.717, 1.165) is 0 Å². The molecule has 0 unspecified atom stereocenters. The lowest BCUT2D eigenvalue weighted by Crippen LogP contribution is -2.31. The zero-order chi connectivity index (χ0) is 17.9. The molecule has 1 rings (SSSR count). The molecular weight excluding hydrogens is 296 g/mol. The highest BCUT2D eigenvalue weighted by Crippen LogP contribution is 2.38. The van der Waals surface area contributed by atoms with Crippen molar-refractivity contribution in [3.8, 4) is 0 Å². The molecule has 0 aromatic heterocycles. The van der Waals surface area contributed by atoms with Gasteiger partial charge in [-0.15, -0.1) is 0 Å². The molecule has 5 nitrogen and oxygen atoms in total. The van der Waals surface area contributed by atoms with Gasteiger partial charge in [0.25, 0.3) is 0 Å². The van der Waals surface area contributed by atoms with Crippen molar-refractivity contribution >= 4 is 17.3 Å². The van der Waals surface area contributed by atoms with Crippen LogP contribution in [0.5, 0.6) is 0 Å². The van der Waals surface area contributed by atoms with Crippen LogP contribution in [-0.2, 0) is 23.9 Å². The highest BCUT2D eigenvalue weighted by Gasteiger charge is 2.40. The lowest BCUT2D eigenvalue weighted by atomic mass is 9.74. The van der Waals surface area contributed by atoms with Crippen molar-refractivity contribution in [3.05, 3.63) is 34.3 Å².